The van der Waals surface area contributed by atoms with Gasteiger partial charge in [0, 0.05) is 12.0 Å². The first-order chi connectivity index (χ1) is 8.56. The van der Waals surface area contributed by atoms with Crippen LogP contribution >= 0.6 is 15.9 Å². The fourth-order valence-corrected chi connectivity index (χ4v) is 1.85. The summed E-state index contributed by atoms with van der Waals surface area (Å²) in [6.45, 7) is 0. The van der Waals surface area contributed by atoms with E-state index in [9.17, 15) is 13.6 Å². The van der Waals surface area contributed by atoms with Gasteiger partial charge in [-0.15, -0.1) is 0 Å². The molecular weight excluding hydrogens is 302 g/mol. The second-order valence-electron chi connectivity index (χ2n) is 3.86. The van der Waals surface area contributed by atoms with E-state index >= 15 is 0 Å². The number of benzene rings is 2. The quantitative estimate of drug-likeness (QED) is 0.778. The van der Waals surface area contributed by atoms with Gasteiger partial charge in [0.15, 0.2) is 5.78 Å². The first kappa shape index (κ1) is 12.9. The molecule has 0 atom stereocenters. The van der Waals surface area contributed by atoms with Crippen LogP contribution in [0.2, 0.25) is 0 Å². The van der Waals surface area contributed by atoms with Gasteiger partial charge in [-0.25, -0.2) is 8.78 Å². The number of Topliss-reactive ketones (excluding diaryl/α,β-unsaturated/α-hetero) is 1. The van der Waals surface area contributed by atoms with E-state index in [1.165, 1.54) is 30.3 Å². The van der Waals surface area contributed by atoms with Crippen LogP contribution < -0.4 is 0 Å². The Bertz CT molecular complexity index is 596. The standard InChI is InChI=1S/C14H9BrF2O/c15-12-5-4-10(8-13(12)17)14(18)7-9-2-1-3-11(16)6-9/h1-6,8H,7H2. The van der Waals surface area contributed by atoms with E-state index in [-0.39, 0.29) is 23.6 Å². The van der Waals surface area contributed by atoms with Crippen LogP contribution in [0.5, 0.6) is 0 Å². The van der Waals surface area contributed by atoms with E-state index in [2.05, 4.69) is 15.9 Å². The van der Waals surface area contributed by atoms with E-state index in [0.29, 0.717) is 10.0 Å². The number of rotatable bonds is 3. The predicted octanol–water partition coefficient (Wildman–Crippen LogP) is 4.15. The largest absolute Gasteiger partial charge is 0.294 e. The lowest BCUT2D eigenvalue weighted by Gasteiger charge is -2.03. The minimum Gasteiger partial charge on any atom is -0.294 e. The van der Waals surface area contributed by atoms with Crippen LogP contribution in [0.4, 0.5) is 8.78 Å². The van der Waals surface area contributed by atoms with Gasteiger partial charge in [-0.2, -0.15) is 0 Å². The highest BCUT2D eigenvalue weighted by molar-refractivity contribution is 9.10. The molecule has 0 aromatic heterocycles. The van der Waals surface area contributed by atoms with Gasteiger partial charge in [0.05, 0.1) is 4.47 Å². The van der Waals surface area contributed by atoms with Gasteiger partial charge >= 0.3 is 0 Å². The fraction of sp³-hybridized carbons (Fsp3) is 0.0714. The molecule has 2 rings (SSSR count). The number of hydrogen-bond acceptors (Lipinski definition) is 1. The first-order valence-corrected chi connectivity index (χ1v) is 6.08. The maximum absolute atomic E-state index is 13.3. The SMILES string of the molecule is O=C(Cc1cccc(F)c1)c1ccc(Br)c(F)c1. The smallest absolute Gasteiger partial charge is 0.167 e. The normalized spacial score (nSPS) is 10.4. The monoisotopic (exact) mass is 310 g/mol. The summed E-state index contributed by atoms with van der Waals surface area (Å²) in [7, 11) is 0. The average Bonchev–Trinajstić information content (AvgIpc) is 2.32. The molecule has 4 heteroatoms. The molecule has 2 aromatic carbocycles. The molecule has 1 nitrogen and oxygen atoms in total. The average molecular weight is 311 g/mol. The summed E-state index contributed by atoms with van der Waals surface area (Å²) in [4.78, 5) is 11.9. The highest BCUT2D eigenvalue weighted by Crippen LogP contribution is 2.17. The van der Waals surface area contributed by atoms with Crippen LogP contribution in [-0.2, 0) is 6.42 Å². The Hall–Kier alpha value is -1.55. The first-order valence-electron chi connectivity index (χ1n) is 5.29. The molecule has 2 aromatic rings. The molecule has 0 heterocycles. The fourth-order valence-electron chi connectivity index (χ4n) is 1.60. The third-order valence-electron chi connectivity index (χ3n) is 2.50. The second-order valence-corrected chi connectivity index (χ2v) is 4.71. The minimum absolute atomic E-state index is 0.0544. The molecule has 0 bridgehead atoms. The molecule has 0 fully saturated rings. The zero-order valence-corrected chi connectivity index (χ0v) is 10.9. The van der Waals surface area contributed by atoms with Crippen molar-refractivity contribution in [2.45, 2.75) is 6.42 Å². The minimum atomic E-state index is -0.486. The lowest BCUT2D eigenvalue weighted by molar-refractivity contribution is 0.0992. The zero-order valence-electron chi connectivity index (χ0n) is 9.29. The summed E-state index contributed by atoms with van der Waals surface area (Å²) >= 11 is 3.02. The molecule has 0 spiro atoms. The highest BCUT2D eigenvalue weighted by atomic mass is 79.9. The molecule has 0 aliphatic carbocycles. The van der Waals surface area contributed by atoms with Crippen molar-refractivity contribution in [1.82, 2.24) is 0 Å². The lowest BCUT2D eigenvalue weighted by Crippen LogP contribution is -2.04. The maximum Gasteiger partial charge on any atom is 0.167 e. The van der Waals surface area contributed by atoms with Gasteiger partial charge in [0.2, 0.25) is 0 Å². The highest BCUT2D eigenvalue weighted by Gasteiger charge is 2.10. The van der Waals surface area contributed by atoms with E-state index in [4.69, 9.17) is 0 Å². The van der Waals surface area contributed by atoms with Gasteiger partial charge in [-0.05, 0) is 45.8 Å². The van der Waals surface area contributed by atoms with Crippen LogP contribution in [0.15, 0.2) is 46.9 Å². The number of halogens is 3. The summed E-state index contributed by atoms with van der Waals surface area (Å²) in [5.41, 5.74) is 0.850. The predicted molar refractivity (Wildman–Crippen MR) is 68.5 cm³/mol. The van der Waals surface area contributed by atoms with Gasteiger partial charge < -0.3 is 0 Å². The van der Waals surface area contributed by atoms with Crippen molar-refractivity contribution in [3.05, 3.63) is 69.7 Å². The summed E-state index contributed by atoms with van der Waals surface area (Å²) < 4.78 is 26.6. The van der Waals surface area contributed by atoms with Crippen LogP contribution in [0.1, 0.15) is 15.9 Å². The number of carbonyl (C=O) groups is 1. The third-order valence-corrected chi connectivity index (χ3v) is 3.14. The summed E-state index contributed by atoms with van der Waals surface area (Å²) in [6, 6.07) is 10.0. The molecule has 0 aliphatic heterocycles. The molecular formula is C14H9BrF2O. The number of hydrogen-bond donors (Lipinski definition) is 0. The Morgan fingerprint density at radius 3 is 2.56 bits per heavy atom. The van der Waals surface area contributed by atoms with Crippen LogP contribution in [0.3, 0.4) is 0 Å². The maximum atomic E-state index is 13.3. The van der Waals surface area contributed by atoms with E-state index < -0.39 is 5.82 Å². The Morgan fingerprint density at radius 2 is 1.89 bits per heavy atom. The van der Waals surface area contributed by atoms with E-state index in [1.807, 2.05) is 0 Å². The van der Waals surface area contributed by atoms with Gasteiger partial charge in [-0.1, -0.05) is 18.2 Å². The topological polar surface area (TPSA) is 17.1 Å². The van der Waals surface area contributed by atoms with Crippen molar-refractivity contribution >= 4 is 21.7 Å². The van der Waals surface area contributed by atoms with Crippen molar-refractivity contribution in [3.63, 3.8) is 0 Å². The Labute approximate surface area is 112 Å². The summed E-state index contributed by atoms with van der Waals surface area (Å²) in [5, 5.41) is 0. The molecule has 0 N–H and O–H groups in total. The molecule has 92 valence electrons. The Balaban J connectivity index is 2.19. The van der Waals surface area contributed by atoms with Crippen molar-refractivity contribution in [2.75, 3.05) is 0 Å². The van der Waals surface area contributed by atoms with Crippen molar-refractivity contribution in [1.29, 1.82) is 0 Å². The Kier molecular flexibility index (Phi) is 3.87. The molecule has 0 radical (unpaired) electrons. The third kappa shape index (κ3) is 3.01. The van der Waals surface area contributed by atoms with Gasteiger partial charge in [-0.3, -0.25) is 4.79 Å². The molecule has 0 saturated carbocycles. The molecule has 0 unspecified atom stereocenters. The lowest BCUT2D eigenvalue weighted by atomic mass is 10.0. The number of carbonyl (C=O) groups excluding carboxylic acids is 1. The molecule has 0 saturated heterocycles. The zero-order chi connectivity index (χ0) is 13.1. The van der Waals surface area contributed by atoms with Crippen molar-refractivity contribution in [2.24, 2.45) is 0 Å². The molecule has 0 amide bonds. The van der Waals surface area contributed by atoms with E-state index in [1.54, 1.807) is 12.1 Å². The van der Waals surface area contributed by atoms with Crippen LogP contribution in [0, 0.1) is 11.6 Å². The van der Waals surface area contributed by atoms with Gasteiger partial charge in [0.1, 0.15) is 11.6 Å². The summed E-state index contributed by atoms with van der Waals surface area (Å²) in [5.74, 6) is -1.12. The molecule has 18 heavy (non-hydrogen) atoms. The van der Waals surface area contributed by atoms with Crippen LogP contribution in [-0.4, -0.2) is 5.78 Å². The molecule has 0 aliphatic rings. The summed E-state index contributed by atoms with van der Waals surface area (Å²) in [6.07, 6.45) is 0.0544. The second kappa shape index (κ2) is 5.40. The Morgan fingerprint density at radius 1 is 1.11 bits per heavy atom. The number of ketones is 1. The van der Waals surface area contributed by atoms with E-state index in [0.717, 1.165) is 0 Å². The van der Waals surface area contributed by atoms with Crippen LogP contribution in [0.25, 0.3) is 0 Å². The van der Waals surface area contributed by atoms with Crippen molar-refractivity contribution < 1.29 is 13.6 Å². The van der Waals surface area contributed by atoms with Crippen molar-refractivity contribution in [3.8, 4) is 0 Å². The van der Waals surface area contributed by atoms with Gasteiger partial charge in [0.25, 0.3) is 0 Å².